The lowest BCUT2D eigenvalue weighted by molar-refractivity contribution is 0.373. The maximum absolute atomic E-state index is 12.5. The Morgan fingerprint density at radius 1 is 1.00 bits per heavy atom. The minimum Gasteiger partial charge on any atom is -0.328 e. The van der Waals surface area contributed by atoms with Crippen LogP contribution in [-0.2, 0) is 22.9 Å². The molecule has 0 saturated heterocycles. The van der Waals surface area contributed by atoms with E-state index in [1.807, 2.05) is 12.1 Å². The Hall–Kier alpha value is -0.620. The molecule has 0 aromatic heterocycles. The van der Waals surface area contributed by atoms with Gasteiger partial charge >= 0.3 is 0 Å². The maximum Gasteiger partial charge on any atom is 0.240 e. The molecule has 0 unspecified atom stereocenters. The third-order valence-electron chi connectivity index (χ3n) is 4.72. The van der Waals surface area contributed by atoms with Crippen LogP contribution in [0.3, 0.4) is 0 Å². The molecule has 0 heterocycles. The molecular formula is C16H25ClN2O2S. The highest BCUT2D eigenvalue weighted by Crippen LogP contribution is 2.25. The minimum atomic E-state index is -3.40. The van der Waals surface area contributed by atoms with Crippen molar-refractivity contribution in [1.29, 1.82) is 0 Å². The van der Waals surface area contributed by atoms with Gasteiger partial charge in [-0.05, 0) is 74.6 Å². The highest BCUT2D eigenvalue weighted by atomic mass is 35.5. The first-order valence-corrected chi connectivity index (χ1v) is 9.42. The third kappa shape index (κ3) is 4.02. The monoisotopic (exact) mass is 344 g/mol. The fourth-order valence-corrected chi connectivity index (χ4v) is 4.76. The normalized spacial score (nSPS) is 25.1. The van der Waals surface area contributed by atoms with Crippen LogP contribution >= 0.6 is 12.4 Å². The summed E-state index contributed by atoms with van der Waals surface area (Å²) < 4.78 is 27.9. The third-order valence-corrected chi connectivity index (χ3v) is 6.24. The van der Waals surface area contributed by atoms with Gasteiger partial charge in [-0.2, -0.15) is 0 Å². The summed E-state index contributed by atoms with van der Waals surface area (Å²) >= 11 is 0. The predicted molar refractivity (Wildman–Crippen MR) is 90.9 cm³/mol. The summed E-state index contributed by atoms with van der Waals surface area (Å²) in [6, 6.07) is 5.87. The molecule has 3 N–H and O–H groups in total. The van der Waals surface area contributed by atoms with Gasteiger partial charge in [0.25, 0.3) is 0 Å². The van der Waals surface area contributed by atoms with Crippen molar-refractivity contribution in [3.8, 4) is 0 Å². The summed E-state index contributed by atoms with van der Waals surface area (Å²) in [5, 5.41) is 0. The predicted octanol–water partition coefficient (Wildman–Crippen LogP) is 2.54. The largest absolute Gasteiger partial charge is 0.328 e. The number of nitrogens with one attached hydrogen (secondary N) is 1. The van der Waals surface area contributed by atoms with Gasteiger partial charge in [-0.15, -0.1) is 12.4 Å². The van der Waals surface area contributed by atoms with Crippen LogP contribution in [0.1, 0.15) is 49.7 Å². The summed E-state index contributed by atoms with van der Waals surface area (Å²) in [7, 11) is -3.40. The molecule has 0 bridgehead atoms. The van der Waals surface area contributed by atoms with Crippen LogP contribution in [0.2, 0.25) is 0 Å². The van der Waals surface area contributed by atoms with Crippen LogP contribution in [0.5, 0.6) is 0 Å². The van der Waals surface area contributed by atoms with Gasteiger partial charge < -0.3 is 5.73 Å². The van der Waals surface area contributed by atoms with Crippen molar-refractivity contribution >= 4 is 22.4 Å². The van der Waals surface area contributed by atoms with Crippen molar-refractivity contribution in [3.05, 3.63) is 29.3 Å². The second-order valence-corrected chi connectivity index (χ2v) is 8.08. The van der Waals surface area contributed by atoms with E-state index in [1.165, 1.54) is 17.5 Å². The standard InChI is InChI=1S/C16H24N2O2S.ClH/c17-14-6-8-15(9-7-14)18-21(19,20)16-10-5-12-3-1-2-4-13(12)11-16;/h5,10-11,14-15,18H,1-4,6-9,17H2;1H. The lowest BCUT2D eigenvalue weighted by Gasteiger charge is -2.26. The zero-order valence-electron chi connectivity index (χ0n) is 12.8. The molecule has 2 aliphatic carbocycles. The summed E-state index contributed by atoms with van der Waals surface area (Å²) in [6.07, 6.45) is 7.91. The average molecular weight is 345 g/mol. The minimum absolute atomic E-state index is 0. The average Bonchev–Trinajstić information content (AvgIpc) is 2.49. The van der Waals surface area contributed by atoms with E-state index >= 15 is 0 Å². The number of fused-ring (bicyclic) bond motifs is 1. The van der Waals surface area contributed by atoms with Gasteiger partial charge in [0.1, 0.15) is 0 Å². The number of benzene rings is 1. The molecule has 22 heavy (non-hydrogen) atoms. The summed E-state index contributed by atoms with van der Waals surface area (Å²) in [4.78, 5) is 0.415. The summed E-state index contributed by atoms with van der Waals surface area (Å²) in [5.74, 6) is 0. The van der Waals surface area contributed by atoms with Gasteiger partial charge in [-0.25, -0.2) is 13.1 Å². The van der Waals surface area contributed by atoms with E-state index in [4.69, 9.17) is 5.73 Å². The van der Waals surface area contributed by atoms with E-state index < -0.39 is 10.0 Å². The number of halogens is 1. The zero-order valence-corrected chi connectivity index (χ0v) is 14.4. The van der Waals surface area contributed by atoms with Crippen LogP contribution in [0.25, 0.3) is 0 Å². The lowest BCUT2D eigenvalue weighted by Crippen LogP contribution is -2.40. The number of aryl methyl sites for hydroxylation is 2. The van der Waals surface area contributed by atoms with Crippen molar-refractivity contribution in [1.82, 2.24) is 4.72 Å². The van der Waals surface area contributed by atoms with Crippen molar-refractivity contribution in [2.45, 2.75) is 68.3 Å². The summed E-state index contributed by atoms with van der Waals surface area (Å²) in [6.45, 7) is 0. The first-order chi connectivity index (χ1) is 10.0. The van der Waals surface area contributed by atoms with E-state index in [9.17, 15) is 8.42 Å². The molecule has 6 heteroatoms. The lowest BCUT2D eigenvalue weighted by atomic mass is 9.92. The first kappa shape index (κ1) is 17.7. The Kier molecular flexibility index (Phi) is 5.88. The van der Waals surface area contributed by atoms with Gasteiger partial charge in [0, 0.05) is 12.1 Å². The smallest absolute Gasteiger partial charge is 0.240 e. The van der Waals surface area contributed by atoms with Gasteiger partial charge in [-0.3, -0.25) is 0 Å². The van der Waals surface area contributed by atoms with Crippen molar-refractivity contribution in [3.63, 3.8) is 0 Å². The van der Waals surface area contributed by atoms with Crippen molar-refractivity contribution in [2.75, 3.05) is 0 Å². The summed E-state index contributed by atoms with van der Waals surface area (Å²) in [5.41, 5.74) is 8.38. The molecule has 0 amide bonds. The van der Waals surface area contributed by atoms with Crippen LogP contribution in [0, 0.1) is 0 Å². The molecule has 0 spiro atoms. The topological polar surface area (TPSA) is 72.2 Å². The maximum atomic E-state index is 12.5. The van der Waals surface area contributed by atoms with Gasteiger partial charge in [0.2, 0.25) is 10.0 Å². The van der Waals surface area contributed by atoms with Crippen molar-refractivity contribution < 1.29 is 8.42 Å². The molecule has 0 radical (unpaired) electrons. The van der Waals surface area contributed by atoms with Crippen LogP contribution in [0.4, 0.5) is 0 Å². The molecule has 4 nitrogen and oxygen atoms in total. The van der Waals surface area contributed by atoms with E-state index in [0.717, 1.165) is 44.9 Å². The quantitative estimate of drug-likeness (QED) is 0.885. The highest BCUT2D eigenvalue weighted by Gasteiger charge is 2.25. The molecule has 124 valence electrons. The van der Waals surface area contributed by atoms with E-state index in [1.54, 1.807) is 6.07 Å². The van der Waals surface area contributed by atoms with E-state index in [-0.39, 0.29) is 24.5 Å². The fraction of sp³-hybridized carbons (Fsp3) is 0.625. The number of hydrogen-bond donors (Lipinski definition) is 2. The zero-order chi connectivity index (χ0) is 14.9. The first-order valence-electron chi connectivity index (χ1n) is 7.94. The Balaban J connectivity index is 0.00000176. The SMILES string of the molecule is Cl.NC1CCC(NS(=O)(=O)c2ccc3c(c2)CCCC3)CC1. The van der Waals surface area contributed by atoms with Crippen LogP contribution in [-0.4, -0.2) is 20.5 Å². The second kappa shape index (κ2) is 7.30. The molecule has 1 aromatic carbocycles. The van der Waals surface area contributed by atoms with Gasteiger partial charge in [0.15, 0.2) is 0 Å². The molecular weight excluding hydrogens is 320 g/mol. The number of rotatable bonds is 3. The second-order valence-electron chi connectivity index (χ2n) is 6.37. The number of sulfonamides is 1. The Bertz CT molecular complexity index is 611. The Morgan fingerprint density at radius 2 is 1.64 bits per heavy atom. The molecule has 3 rings (SSSR count). The fourth-order valence-electron chi connectivity index (χ4n) is 3.40. The molecule has 1 aromatic rings. The molecule has 0 aliphatic heterocycles. The van der Waals surface area contributed by atoms with E-state index in [0.29, 0.717) is 4.90 Å². The molecule has 0 atom stereocenters. The van der Waals surface area contributed by atoms with Gasteiger partial charge in [0.05, 0.1) is 4.90 Å². The Labute approximate surface area is 139 Å². The van der Waals surface area contributed by atoms with E-state index in [2.05, 4.69) is 4.72 Å². The Morgan fingerprint density at radius 3 is 2.32 bits per heavy atom. The molecule has 1 saturated carbocycles. The number of hydrogen-bond acceptors (Lipinski definition) is 3. The van der Waals surface area contributed by atoms with Gasteiger partial charge in [-0.1, -0.05) is 6.07 Å². The van der Waals surface area contributed by atoms with Crippen molar-refractivity contribution in [2.24, 2.45) is 5.73 Å². The molecule has 2 aliphatic rings. The molecule has 1 fully saturated rings. The highest BCUT2D eigenvalue weighted by molar-refractivity contribution is 7.89. The van der Waals surface area contributed by atoms with Crippen LogP contribution in [0.15, 0.2) is 23.1 Å². The van der Waals surface area contributed by atoms with Crippen LogP contribution < -0.4 is 10.5 Å². The number of nitrogens with two attached hydrogens (primary N) is 1.